The van der Waals surface area contributed by atoms with Crippen molar-refractivity contribution in [1.29, 1.82) is 0 Å². The van der Waals surface area contributed by atoms with Crippen LogP contribution < -0.4 is 4.90 Å². The van der Waals surface area contributed by atoms with Crippen LogP contribution in [-0.4, -0.2) is 4.57 Å². The molecule has 0 saturated carbocycles. The van der Waals surface area contributed by atoms with Crippen LogP contribution >= 0.6 is 0 Å². The van der Waals surface area contributed by atoms with Gasteiger partial charge in [0, 0.05) is 38.9 Å². The van der Waals surface area contributed by atoms with Crippen molar-refractivity contribution in [3.05, 3.63) is 271 Å². The number of rotatable bonds is 13. The quantitative estimate of drug-likeness (QED) is 0.105. The fourth-order valence-corrected chi connectivity index (χ4v) is 9.90. The average Bonchev–Trinajstić information content (AvgIpc) is 3.82. The number of hydrogen-bond acceptors (Lipinski definition) is 1. The monoisotopic (exact) mass is 850 g/mol. The van der Waals surface area contributed by atoms with Gasteiger partial charge in [-0.05, 0) is 136 Å². The van der Waals surface area contributed by atoms with Crippen LogP contribution in [0.4, 0.5) is 17.1 Å². The van der Waals surface area contributed by atoms with E-state index in [-0.39, 0.29) is 5.41 Å². The zero-order valence-corrected chi connectivity index (χ0v) is 38.0. The van der Waals surface area contributed by atoms with Crippen LogP contribution in [0.3, 0.4) is 0 Å². The van der Waals surface area contributed by atoms with Crippen molar-refractivity contribution < 1.29 is 0 Å². The number of nitrogens with zero attached hydrogens (tertiary/aromatic N) is 2. The number of para-hydroxylation sites is 2. The Morgan fingerprint density at radius 1 is 0.561 bits per heavy atom. The first-order chi connectivity index (χ1) is 32.4. The van der Waals surface area contributed by atoms with E-state index in [4.69, 9.17) is 0 Å². The van der Waals surface area contributed by atoms with Crippen LogP contribution in [0.2, 0.25) is 0 Å². The molecule has 2 heteroatoms. The second kappa shape index (κ2) is 18.3. The molecule has 0 atom stereocenters. The Balaban J connectivity index is 0.919. The molecule has 9 aromatic rings. The Morgan fingerprint density at radius 2 is 1.23 bits per heavy atom. The maximum atomic E-state index is 4.26. The molecule has 1 heterocycles. The summed E-state index contributed by atoms with van der Waals surface area (Å²) in [4.78, 5) is 2.32. The second-order valence-corrected chi connectivity index (χ2v) is 17.6. The molecule has 0 spiro atoms. The Labute approximate surface area is 390 Å². The normalized spacial score (nSPS) is 13.3. The minimum atomic E-state index is -0.0677. The predicted octanol–water partition coefficient (Wildman–Crippen LogP) is 17.3. The summed E-state index contributed by atoms with van der Waals surface area (Å²) in [5.41, 5.74) is 19.5. The van der Waals surface area contributed by atoms with Crippen LogP contribution in [0.25, 0.3) is 55.3 Å². The molecule has 320 valence electrons. The van der Waals surface area contributed by atoms with Crippen molar-refractivity contribution >= 4 is 44.4 Å². The molecule has 0 fully saturated rings. The lowest BCUT2D eigenvalue weighted by Crippen LogP contribution is -2.15. The highest BCUT2D eigenvalue weighted by Crippen LogP contribution is 2.49. The number of hydrogen-bond donors (Lipinski definition) is 0. The summed E-state index contributed by atoms with van der Waals surface area (Å²) in [6.07, 6.45) is 18.7. The summed E-state index contributed by atoms with van der Waals surface area (Å²) in [6.45, 7) is 11.0. The number of fused-ring (bicyclic) bond motifs is 6. The van der Waals surface area contributed by atoms with Crippen LogP contribution in [0, 0.1) is 0 Å². The van der Waals surface area contributed by atoms with Gasteiger partial charge in [-0.15, -0.1) is 0 Å². The van der Waals surface area contributed by atoms with E-state index in [1.54, 1.807) is 0 Å². The van der Waals surface area contributed by atoms with Gasteiger partial charge in [-0.25, -0.2) is 0 Å². The molecule has 1 aliphatic carbocycles. The van der Waals surface area contributed by atoms with Gasteiger partial charge in [0.25, 0.3) is 0 Å². The first kappa shape index (κ1) is 42.0. The van der Waals surface area contributed by atoms with E-state index in [2.05, 4.69) is 254 Å². The van der Waals surface area contributed by atoms with Gasteiger partial charge in [0.15, 0.2) is 0 Å². The Bertz CT molecular complexity index is 3330. The lowest BCUT2D eigenvalue weighted by Gasteiger charge is -2.26. The van der Waals surface area contributed by atoms with Crippen molar-refractivity contribution in [1.82, 2.24) is 4.57 Å². The van der Waals surface area contributed by atoms with E-state index in [1.165, 1.54) is 72.0 Å². The Morgan fingerprint density at radius 3 is 2.03 bits per heavy atom. The van der Waals surface area contributed by atoms with Crippen molar-refractivity contribution in [2.75, 3.05) is 4.90 Å². The van der Waals surface area contributed by atoms with Crippen LogP contribution in [0.5, 0.6) is 0 Å². The fraction of sp³-hybridized carbons (Fsp3) is 0.0938. The Hall–Kier alpha value is -7.94. The van der Waals surface area contributed by atoms with E-state index in [9.17, 15) is 0 Å². The molecule has 0 radical (unpaired) electrons. The zero-order chi connectivity index (χ0) is 45.0. The largest absolute Gasteiger partial charge is 0.310 e. The summed E-state index contributed by atoms with van der Waals surface area (Å²) in [6, 6.07) is 68.7. The molecule has 0 unspecified atom stereocenters. The molecule has 8 aromatic carbocycles. The summed E-state index contributed by atoms with van der Waals surface area (Å²) in [5, 5.41) is 2.58. The molecule has 1 aromatic heterocycles. The molecule has 0 amide bonds. The third kappa shape index (κ3) is 7.97. The SMILES string of the molecule is C=C/C(=C\C=C/Cc1cccc2c1c1ccccc1n2-c1ccc2c(c1)C(C)(C)c1ccccc1-2)c1cccc(N(c2ccccc2)c2ccc(-c3ccc(C/C=C\C=C/C)cc3)cc2)c1. The summed E-state index contributed by atoms with van der Waals surface area (Å²) in [5.74, 6) is 0. The Kier molecular flexibility index (Phi) is 11.6. The van der Waals surface area contributed by atoms with Crippen LogP contribution in [-0.2, 0) is 18.3 Å². The highest BCUT2D eigenvalue weighted by Gasteiger charge is 2.35. The molecule has 2 nitrogen and oxygen atoms in total. The highest BCUT2D eigenvalue weighted by molar-refractivity contribution is 6.11. The van der Waals surface area contributed by atoms with E-state index < -0.39 is 0 Å². The van der Waals surface area contributed by atoms with E-state index in [0.717, 1.165) is 41.0 Å². The van der Waals surface area contributed by atoms with Crippen molar-refractivity contribution in [2.45, 2.75) is 39.0 Å². The lowest BCUT2D eigenvalue weighted by atomic mass is 9.82. The zero-order valence-electron chi connectivity index (χ0n) is 38.0. The maximum Gasteiger partial charge on any atom is 0.0543 e. The summed E-state index contributed by atoms with van der Waals surface area (Å²) >= 11 is 0. The number of benzene rings is 8. The topological polar surface area (TPSA) is 8.17 Å². The molecule has 0 bridgehead atoms. The number of anilines is 3. The van der Waals surface area contributed by atoms with E-state index in [0.29, 0.717) is 0 Å². The molecule has 66 heavy (non-hydrogen) atoms. The summed E-state index contributed by atoms with van der Waals surface area (Å²) < 4.78 is 2.46. The van der Waals surface area contributed by atoms with Crippen molar-refractivity contribution in [3.8, 4) is 27.9 Å². The lowest BCUT2D eigenvalue weighted by molar-refractivity contribution is 0.660. The van der Waals surface area contributed by atoms with Gasteiger partial charge in [-0.3, -0.25) is 0 Å². The number of allylic oxidation sites excluding steroid dienone is 9. The molecule has 0 N–H and O–H groups in total. The van der Waals surface area contributed by atoms with Gasteiger partial charge in [-0.2, -0.15) is 0 Å². The summed E-state index contributed by atoms with van der Waals surface area (Å²) in [7, 11) is 0. The van der Waals surface area contributed by atoms with Crippen LogP contribution in [0.1, 0.15) is 48.6 Å². The molecule has 10 rings (SSSR count). The molecular formula is C64H54N2. The minimum Gasteiger partial charge on any atom is -0.310 e. The van der Waals surface area contributed by atoms with E-state index in [1.807, 2.05) is 19.1 Å². The first-order valence-electron chi connectivity index (χ1n) is 23.1. The second-order valence-electron chi connectivity index (χ2n) is 17.6. The van der Waals surface area contributed by atoms with Gasteiger partial charge in [0.1, 0.15) is 0 Å². The van der Waals surface area contributed by atoms with Gasteiger partial charge < -0.3 is 9.47 Å². The predicted molar refractivity (Wildman–Crippen MR) is 284 cm³/mol. The highest BCUT2D eigenvalue weighted by atomic mass is 15.1. The standard InChI is InChI=1S/C64H54N2/c1-5-7-8-10-21-46-34-36-48(37-35-46)49-38-40-53(41-39-49)65(52-26-11-9-12-27-52)54-28-19-25-51(44-54)47(6-2)22-13-14-23-50-24-20-33-62-63(50)58-30-16-18-32-61(58)66(62)55-42-43-57-56-29-15-17-31-59(56)64(3,4)60(57)45-55/h5-20,22,24-45H,2,21,23H2,1,3-4H3/b7-5-,10-8-,14-13-,47-22+. The minimum absolute atomic E-state index is 0.0677. The van der Waals surface area contributed by atoms with Crippen LogP contribution in [0.15, 0.2) is 243 Å². The first-order valence-corrected chi connectivity index (χ1v) is 23.1. The maximum absolute atomic E-state index is 4.26. The van der Waals surface area contributed by atoms with Gasteiger partial charge in [-0.1, -0.05) is 196 Å². The van der Waals surface area contributed by atoms with Gasteiger partial charge in [0.05, 0.1) is 11.0 Å². The molecule has 0 aliphatic heterocycles. The van der Waals surface area contributed by atoms with Gasteiger partial charge in [0.2, 0.25) is 0 Å². The van der Waals surface area contributed by atoms with Crippen molar-refractivity contribution in [2.24, 2.45) is 0 Å². The third-order valence-corrected chi connectivity index (χ3v) is 13.2. The van der Waals surface area contributed by atoms with Gasteiger partial charge >= 0.3 is 0 Å². The smallest absolute Gasteiger partial charge is 0.0543 e. The molecular weight excluding hydrogens is 797 g/mol. The fourth-order valence-electron chi connectivity index (χ4n) is 9.90. The average molecular weight is 851 g/mol. The number of aromatic nitrogens is 1. The molecule has 1 aliphatic rings. The van der Waals surface area contributed by atoms with E-state index >= 15 is 0 Å². The van der Waals surface area contributed by atoms with Crippen molar-refractivity contribution in [3.63, 3.8) is 0 Å². The molecule has 0 saturated heterocycles. The third-order valence-electron chi connectivity index (χ3n) is 13.2.